The molecule has 1 aromatic carbocycles. The largest absolute Gasteiger partial charge is 0.444 e. The van der Waals surface area contributed by atoms with Gasteiger partial charge in [0.05, 0.1) is 5.41 Å². The van der Waals surface area contributed by atoms with Crippen LogP contribution in [0.3, 0.4) is 0 Å². The van der Waals surface area contributed by atoms with Crippen LogP contribution in [0.4, 0.5) is 16.2 Å². The Morgan fingerprint density at radius 2 is 1.50 bits per heavy atom. The second-order valence-corrected chi connectivity index (χ2v) is 12.4. The van der Waals surface area contributed by atoms with Crippen LogP contribution in [-0.2, 0) is 9.53 Å². The van der Waals surface area contributed by atoms with E-state index in [0.717, 1.165) is 43.8 Å². The molecule has 4 saturated heterocycles. The second-order valence-electron chi connectivity index (χ2n) is 12.4. The van der Waals surface area contributed by atoms with Crippen LogP contribution in [0.5, 0.6) is 0 Å². The molecule has 0 bridgehead atoms. The van der Waals surface area contributed by atoms with Gasteiger partial charge < -0.3 is 19.4 Å². The van der Waals surface area contributed by atoms with E-state index in [2.05, 4.69) is 41.0 Å². The first-order valence-electron chi connectivity index (χ1n) is 14.1. The number of hydrogen-bond acceptors (Lipinski definition) is 5. The van der Waals surface area contributed by atoms with E-state index in [-0.39, 0.29) is 17.4 Å². The Morgan fingerprint density at radius 3 is 2.08 bits per heavy atom. The minimum absolute atomic E-state index is 0.222. The zero-order chi connectivity index (χ0) is 25.5. The van der Waals surface area contributed by atoms with Crippen molar-refractivity contribution >= 4 is 23.4 Å². The second kappa shape index (κ2) is 9.88. The molecule has 1 aromatic rings. The molecule has 0 radical (unpaired) electrons. The Kier molecular flexibility index (Phi) is 6.96. The smallest absolute Gasteiger partial charge is 0.410 e. The van der Waals surface area contributed by atoms with Crippen molar-refractivity contribution < 1.29 is 14.3 Å². The third kappa shape index (κ3) is 5.09. The Morgan fingerprint density at radius 1 is 0.889 bits per heavy atom. The lowest BCUT2D eigenvalue weighted by atomic mass is 9.77. The average molecular weight is 497 g/mol. The van der Waals surface area contributed by atoms with Crippen LogP contribution in [0.25, 0.3) is 0 Å². The van der Waals surface area contributed by atoms with E-state index in [4.69, 9.17) is 4.74 Å². The maximum Gasteiger partial charge on any atom is 0.410 e. The maximum absolute atomic E-state index is 13.5. The fraction of sp³-hybridized carbons (Fsp3) is 0.724. The van der Waals surface area contributed by atoms with Gasteiger partial charge in [-0.2, -0.15) is 0 Å². The molecule has 36 heavy (non-hydrogen) atoms. The molecule has 4 aliphatic rings. The number of likely N-dealkylation sites (tertiary alicyclic amines) is 2. The Labute approximate surface area is 216 Å². The molecule has 0 unspecified atom stereocenters. The number of hydrogen-bond donors (Lipinski definition) is 0. The summed E-state index contributed by atoms with van der Waals surface area (Å²) in [5.74, 6) is 0.222. The van der Waals surface area contributed by atoms with Crippen molar-refractivity contribution in [2.75, 3.05) is 49.1 Å². The quantitative estimate of drug-likeness (QED) is 0.596. The molecule has 0 aromatic heterocycles. The Bertz CT molecular complexity index is 940. The minimum atomic E-state index is -0.499. The van der Waals surface area contributed by atoms with Gasteiger partial charge in [0.15, 0.2) is 0 Å². The predicted octanol–water partition coefficient (Wildman–Crippen LogP) is 4.89. The SMILES string of the molecule is C[C@H]1CCCN1C1CCN(c2ccc(N3CCC4(CCN(C(=O)OC(C)(C)C)CC4)C3=O)cc2)CC1. The zero-order valence-corrected chi connectivity index (χ0v) is 22.7. The van der Waals surface area contributed by atoms with Crippen LogP contribution in [0.1, 0.15) is 72.6 Å². The van der Waals surface area contributed by atoms with Gasteiger partial charge in [0.25, 0.3) is 0 Å². The first-order valence-corrected chi connectivity index (χ1v) is 14.1. The van der Waals surface area contributed by atoms with E-state index >= 15 is 0 Å². The lowest BCUT2D eigenvalue weighted by Crippen LogP contribution is -2.48. The molecule has 2 amide bonds. The molecular weight excluding hydrogens is 452 g/mol. The molecule has 7 heteroatoms. The number of ether oxygens (including phenoxy) is 1. The molecular formula is C29H44N4O3. The van der Waals surface area contributed by atoms with Crippen molar-refractivity contribution in [3.05, 3.63) is 24.3 Å². The highest BCUT2D eigenvalue weighted by atomic mass is 16.6. The predicted molar refractivity (Wildman–Crippen MR) is 144 cm³/mol. The first-order chi connectivity index (χ1) is 17.2. The Hall–Kier alpha value is -2.28. The summed E-state index contributed by atoms with van der Waals surface area (Å²) in [6.07, 6.45) is 7.18. The summed E-state index contributed by atoms with van der Waals surface area (Å²) in [6.45, 7) is 13.4. The van der Waals surface area contributed by atoms with Gasteiger partial charge in [0.1, 0.15) is 5.60 Å². The fourth-order valence-corrected chi connectivity index (χ4v) is 6.77. The molecule has 1 spiro atoms. The monoisotopic (exact) mass is 496 g/mol. The van der Waals surface area contributed by atoms with Crippen molar-refractivity contribution in [1.29, 1.82) is 0 Å². The summed E-state index contributed by atoms with van der Waals surface area (Å²) in [5.41, 5.74) is 1.42. The first kappa shape index (κ1) is 25.4. The van der Waals surface area contributed by atoms with E-state index in [1.54, 1.807) is 4.90 Å². The molecule has 0 N–H and O–H groups in total. The molecule has 198 valence electrons. The van der Waals surface area contributed by atoms with Gasteiger partial charge in [-0.05, 0) is 103 Å². The number of rotatable bonds is 3. The highest BCUT2D eigenvalue weighted by Crippen LogP contribution is 2.43. The topological polar surface area (TPSA) is 56.3 Å². The molecule has 4 heterocycles. The summed E-state index contributed by atoms with van der Waals surface area (Å²) >= 11 is 0. The molecule has 7 nitrogen and oxygen atoms in total. The molecule has 4 aliphatic heterocycles. The number of piperidine rings is 2. The van der Waals surface area contributed by atoms with E-state index < -0.39 is 5.60 Å². The molecule has 0 saturated carbocycles. The molecule has 5 rings (SSSR count). The van der Waals surface area contributed by atoms with Crippen molar-refractivity contribution in [3.63, 3.8) is 0 Å². The number of anilines is 2. The number of nitrogens with zero attached hydrogens (tertiary/aromatic N) is 4. The summed E-state index contributed by atoms with van der Waals surface area (Å²) in [6, 6.07) is 10.1. The van der Waals surface area contributed by atoms with E-state index in [0.29, 0.717) is 25.9 Å². The standard InChI is InChI=1S/C29H44N4O3/c1-22-6-5-16-32(22)25-11-17-30(18-12-25)23-7-9-24(10-8-23)33-21-15-29(26(33)34)13-19-31(20-14-29)27(35)36-28(2,3)4/h7-10,22,25H,5-6,11-21H2,1-4H3/t22-/m0/s1. The highest BCUT2D eigenvalue weighted by Gasteiger charge is 2.49. The summed E-state index contributed by atoms with van der Waals surface area (Å²) in [7, 11) is 0. The van der Waals surface area contributed by atoms with E-state index in [1.807, 2.05) is 25.7 Å². The highest BCUT2D eigenvalue weighted by molar-refractivity contribution is 6.00. The molecule has 1 atom stereocenters. The lowest BCUT2D eigenvalue weighted by molar-refractivity contribution is -0.128. The number of benzene rings is 1. The maximum atomic E-state index is 13.5. The minimum Gasteiger partial charge on any atom is -0.444 e. The average Bonchev–Trinajstić information content (AvgIpc) is 3.42. The zero-order valence-electron chi connectivity index (χ0n) is 22.7. The third-order valence-electron chi connectivity index (χ3n) is 8.95. The Balaban J connectivity index is 1.15. The van der Waals surface area contributed by atoms with Crippen LogP contribution < -0.4 is 9.80 Å². The third-order valence-corrected chi connectivity index (χ3v) is 8.95. The summed E-state index contributed by atoms with van der Waals surface area (Å²) in [5, 5.41) is 0. The molecule has 0 aliphatic carbocycles. The number of carbonyl (C=O) groups is 2. The van der Waals surface area contributed by atoms with Crippen LogP contribution >= 0.6 is 0 Å². The van der Waals surface area contributed by atoms with E-state index in [1.165, 1.54) is 37.9 Å². The van der Waals surface area contributed by atoms with Crippen molar-refractivity contribution in [2.24, 2.45) is 5.41 Å². The van der Waals surface area contributed by atoms with E-state index in [9.17, 15) is 9.59 Å². The lowest BCUT2D eigenvalue weighted by Gasteiger charge is -2.39. The van der Waals surface area contributed by atoms with Crippen LogP contribution in [0.2, 0.25) is 0 Å². The van der Waals surface area contributed by atoms with Crippen molar-refractivity contribution in [2.45, 2.75) is 90.3 Å². The van der Waals surface area contributed by atoms with Gasteiger partial charge in [-0.1, -0.05) is 0 Å². The van der Waals surface area contributed by atoms with Gasteiger partial charge >= 0.3 is 6.09 Å². The van der Waals surface area contributed by atoms with Gasteiger partial charge in [-0.3, -0.25) is 9.69 Å². The van der Waals surface area contributed by atoms with Crippen LogP contribution in [0, 0.1) is 5.41 Å². The fourth-order valence-electron chi connectivity index (χ4n) is 6.77. The summed E-state index contributed by atoms with van der Waals surface area (Å²) in [4.78, 5) is 34.9. The molecule has 4 fully saturated rings. The van der Waals surface area contributed by atoms with Gasteiger partial charge in [-0.25, -0.2) is 4.79 Å². The summed E-state index contributed by atoms with van der Waals surface area (Å²) < 4.78 is 5.53. The van der Waals surface area contributed by atoms with Gasteiger partial charge in [0, 0.05) is 56.2 Å². The normalized spacial score (nSPS) is 25.7. The van der Waals surface area contributed by atoms with Crippen LogP contribution in [0.15, 0.2) is 24.3 Å². The van der Waals surface area contributed by atoms with Crippen molar-refractivity contribution in [3.8, 4) is 0 Å². The number of carbonyl (C=O) groups excluding carboxylic acids is 2. The number of amides is 2. The van der Waals surface area contributed by atoms with Gasteiger partial charge in [-0.15, -0.1) is 0 Å². The van der Waals surface area contributed by atoms with Crippen molar-refractivity contribution in [1.82, 2.24) is 9.80 Å². The van der Waals surface area contributed by atoms with Crippen LogP contribution in [-0.4, -0.2) is 78.8 Å². The van der Waals surface area contributed by atoms with Gasteiger partial charge in [0.2, 0.25) is 5.91 Å².